The molecule has 1 aromatic carbocycles. The average molecular weight is 479 g/mol. The summed E-state index contributed by atoms with van der Waals surface area (Å²) >= 11 is 6.17. The van der Waals surface area contributed by atoms with Crippen LogP contribution in [0.15, 0.2) is 29.3 Å². The molecule has 0 unspecified atom stereocenters. The maximum atomic E-state index is 11.6. The number of aliphatic imine (C=N–C) groups is 1. The van der Waals surface area contributed by atoms with Crippen LogP contribution in [0.2, 0.25) is 5.02 Å². The summed E-state index contributed by atoms with van der Waals surface area (Å²) in [6.45, 7) is 6.07. The first-order valence-corrected chi connectivity index (χ1v) is 9.12. The number of hydrogen-bond donors (Lipinski definition) is 2. The van der Waals surface area contributed by atoms with Crippen molar-refractivity contribution in [3.63, 3.8) is 0 Å². The molecular formula is C18H28ClIN4O. The van der Waals surface area contributed by atoms with Gasteiger partial charge in [0.05, 0.1) is 0 Å². The summed E-state index contributed by atoms with van der Waals surface area (Å²) in [6.07, 6.45) is 3.45. The lowest BCUT2D eigenvalue weighted by Crippen LogP contribution is -2.38. The molecule has 1 heterocycles. The zero-order valence-corrected chi connectivity index (χ0v) is 17.8. The lowest BCUT2D eigenvalue weighted by Gasteiger charge is -2.15. The predicted molar refractivity (Wildman–Crippen MR) is 115 cm³/mol. The second-order valence-electron chi connectivity index (χ2n) is 5.87. The fourth-order valence-corrected chi connectivity index (χ4v) is 2.98. The van der Waals surface area contributed by atoms with Crippen molar-refractivity contribution >= 4 is 47.4 Å². The summed E-state index contributed by atoms with van der Waals surface area (Å²) in [7, 11) is 0. The first-order valence-electron chi connectivity index (χ1n) is 8.74. The van der Waals surface area contributed by atoms with Gasteiger partial charge < -0.3 is 15.5 Å². The molecule has 0 bridgehead atoms. The van der Waals surface area contributed by atoms with E-state index in [0.717, 1.165) is 62.0 Å². The number of amides is 1. The molecule has 0 spiro atoms. The second-order valence-corrected chi connectivity index (χ2v) is 6.27. The average Bonchev–Trinajstić information content (AvgIpc) is 2.98. The normalized spacial score (nSPS) is 14.4. The first kappa shape index (κ1) is 22.0. The minimum absolute atomic E-state index is 0. The Balaban J connectivity index is 0.00000312. The van der Waals surface area contributed by atoms with Gasteiger partial charge in [-0.3, -0.25) is 9.79 Å². The Morgan fingerprint density at radius 3 is 2.80 bits per heavy atom. The fraction of sp³-hybridized carbons (Fsp3) is 0.556. The van der Waals surface area contributed by atoms with Crippen molar-refractivity contribution in [1.82, 2.24) is 15.5 Å². The predicted octanol–water partition coefficient (Wildman–Crippen LogP) is 3.07. The summed E-state index contributed by atoms with van der Waals surface area (Å²) in [6, 6.07) is 7.90. The number of carbonyl (C=O) groups is 1. The van der Waals surface area contributed by atoms with E-state index in [9.17, 15) is 4.79 Å². The Hall–Kier alpha value is -1.02. The highest BCUT2D eigenvalue weighted by Crippen LogP contribution is 2.14. The summed E-state index contributed by atoms with van der Waals surface area (Å²) in [5.74, 6) is 1.10. The summed E-state index contributed by atoms with van der Waals surface area (Å²) in [4.78, 5) is 18.1. The van der Waals surface area contributed by atoms with E-state index >= 15 is 0 Å². The molecular weight excluding hydrogens is 451 g/mol. The van der Waals surface area contributed by atoms with Crippen LogP contribution in [0.1, 0.15) is 31.7 Å². The molecule has 0 atom stereocenters. The van der Waals surface area contributed by atoms with E-state index in [2.05, 4.69) is 15.6 Å². The molecule has 2 N–H and O–H groups in total. The van der Waals surface area contributed by atoms with E-state index in [4.69, 9.17) is 11.6 Å². The van der Waals surface area contributed by atoms with Gasteiger partial charge in [-0.05, 0) is 37.8 Å². The molecule has 1 amide bonds. The van der Waals surface area contributed by atoms with Crippen molar-refractivity contribution in [3.05, 3.63) is 34.9 Å². The molecule has 7 heteroatoms. The van der Waals surface area contributed by atoms with Crippen LogP contribution in [0.5, 0.6) is 0 Å². The quantitative estimate of drug-likeness (QED) is 0.261. The van der Waals surface area contributed by atoms with Crippen LogP contribution in [0.25, 0.3) is 0 Å². The minimum atomic E-state index is 0. The number of rotatable bonds is 8. The largest absolute Gasteiger partial charge is 0.357 e. The van der Waals surface area contributed by atoms with Crippen LogP contribution in [0.4, 0.5) is 0 Å². The molecule has 1 saturated heterocycles. The molecule has 1 aliphatic rings. The molecule has 0 aromatic heterocycles. The van der Waals surface area contributed by atoms with Crippen molar-refractivity contribution in [1.29, 1.82) is 0 Å². The highest BCUT2D eigenvalue weighted by molar-refractivity contribution is 14.0. The molecule has 25 heavy (non-hydrogen) atoms. The van der Waals surface area contributed by atoms with Crippen LogP contribution in [-0.2, 0) is 11.2 Å². The molecule has 1 aliphatic heterocycles. The lowest BCUT2D eigenvalue weighted by molar-refractivity contribution is -0.127. The molecule has 1 fully saturated rings. The van der Waals surface area contributed by atoms with Crippen LogP contribution in [0, 0.1) is 0 Å². The number of carbonyl (C=O) groups excluding carboxylic acids is 1. The maximum absolute atomic E-state index is 11.6. The third-order valence-corrected chi connectivity index (χ3v) is 4.39. The molecule has 5 nitrogen and oxygen atoms in total. The molecule has 0 saturated carbocycles. The van der Waals surface area contributed by atoms with E-state index in [1.54, 1.807) is 0 Å². The zero-order valence-electron chi connectivity index (χ0n) is 14.8. The van der Waals surface area contributed by atoms with E-state index in [1.807, 2.05) is 36.1 Å². The molecule has 0 aliphatic carbocycles. The van der Waals surface area contributed by atoms with Gasteiger partial charge in [-0.1, -0.05) is 29.8 Å². The van der Waals surface area contributed by atoms with Gasteiger partial charge in [0.2, 0.25) is 5.91 Å². The SMILES string of the molecule is CCNC(=NCCCN1CCCC1=O)NCCc1ccccc1Cl.I. The Kier molecular flexibility index (Phi) is 10.9. The molecule has 1 aromatic rings. The van der Waals surface area contributed by atoms with Crippen molar-refractivity contribution in [2.45, 2.75) is 32.6 Å². The van der Waals surface area contributed by atoms with Gasteiger partial charge in [0.1, 0.15) is 0 Å². The Morgan fingerprint density at radius 1 is 1.32 bits per heavy atom. The number of likely N-dealkylation sites (tertiary alicyclic amines) is 1. The smallest absolute Gasteiger partial charge is 0.222 e. The second kappa shape index (κ2) is 12.4. The Morgan fingerprint density at radius 2 is 2.12 bits per heavy atom. The van der Waals surface area contributed by atoms with Gasteiger partial charge in [0.15, 0.2) is 5.96 Å². The van der Waals surface area contributed by atoms with E-state index in [0.29, 0.717) is 13.0 Å². The molecule has 0 radical (unpaired) electrons. The van der Waals surface area contributed by atoms with Crippen LogP contribution < -0.4 is 10.6 Å². The first-order chi connectivity index (χ1) is 11.7. The summed E-state index contributed by atoms with van der Waals surface area (Å²) in [5.41, 5.74) is 1.13. The van der Waals surface area contributed by atoms with Gasteiger partial charge in [-0.2, -0.15) is 0 Å². The van der Waals surface area contributed by atoms with Crippen molar-refractivity contribution in [3.8, 4) is 0 Å². The van der Waals surface area contributed by atoms with Gasteiger partial charge in [0, 0.05) is 44.2 Å². The molecule has 2 rings (SSSR count). The highest BCUT2D eigenvalue weighted by Gasteiger charge is 2.18. The molecule has 140 valence electrons. The van der Waals surface area contributed by atoms with Gasteiger partial charge in [0.25, 0.3) is 0 Å². The number of hydrogen-bond acceptors (Lipinski definition) is 2. The van der Waals surface area contributed by atoms with Gasteiger partial charge in [-0.15, -0.1) is 24.0 Å². The van der Waals surface area contributed by atoms with Gasteiger partial charge in [-0.25, -0.2) is 0 Å². The topological polar surface area (TPSA) is 56.7 Å². The summed E-state index contributed by atoms with van der Waals surface area (Å²) in [5, 5.41) is 7.38. The Bertz CT molecular complexity index is 568. The zero-order chi connectivity index (χ0) is 17.2. The van der Waals surface area contributed by atoms with Crippen LogP contribution in [0.3, 0.4) is 0 Å². The van der Waals surface area contributed by atoms with Gasteiger partial charge >= 0.3 is 0 Å². The Labute approximate surface area is 172 Å². The number of benzene rings is 1. The number of nitrogens with zero attached hydrogens (tertiary/aromatic N) is 2. The van der Waals surface area contributed by atoms with Crippen LogP contribution in [-0.4, -0.2) is 49.5 Å². The fourth-order valence-electron chi connectivity index (χ4n) is 2.75. The highest BCUT2D eigenvalue weighted by atomic mass is 127. The number of halogens is 2. The third-order valence-electron chi connectivity index (χ3n) is 4.02. The van der Waals surface area contributed by atoms with Crippen molar-refractivity contribution in [2.24, 2.45) is 4.99 Å². The maximum Gasteiger partial charge on any atom is 0.222 e. The lowest BCUT2D eigenvalue weighted by atomic mass is 10.1. The van der Waals surface area contributed by atoms with Crippen molar-refractivity contribution in [2.75, 3.05) is 32.7 Å². The minimum Gasteiger partial charge on any atom is -0.357 e. The number of guanidine groups is 1. The van der Waals surface area contributed by atoms with E-state index in [-0.39, 0.29) is 29.9 Å². The monoisotopic (exact) mass is 478 g/mol. The van der Waals surface area contributed by atoms with Crippen LogP contribution >= 0.6 is 35.6 Å². The third kappa shape index (κ3) is 7.81. The summed E-state index contributed by atoms with van der Waals surface area (Å²) < 4.78 is 0. The van der Waals surface area contributed by atoms with E-state index < -0.39 is 0 Å². The van der Waals surface area contributed by atoms with Crippen molar-refractivity contribution < 1.29 is 4.79 Å². The number of nitrogens with one attached hydrogen (secondary N) is 2. The van der Waals surface area contributed by atoms with E-state index in [1.165, 1.54) is 0 Å². The standard InChI is InChI=1S/C18H27ClN4O.HI/c1-2-20-18(21-11-6-14-23-13-5-9-17(23)24)22-12-10-15-7-3-4-8-16(15)19;/h3-4,7-8H,2,5-6,9-14H2,1H3,(H2,20,21,22);1H.